The molecule has 2 aromatic carbocycles. The summed E-state index contributed by atoms with van der Waals surface area (Å²) in [7, 11) is 0. The smallest absolute Gasteiger partial charge is 0.344 e. The zero-order chi connectivity index (χ0) is 20.8. The van der Waals surface area contributed by atoms with Crippen molar-refractivity contribution in [2.24, 2.45) is 0 Å². The molecule has 29 heavy (non-hydrogen) atoms. The number of carbonyl (C=O) groups is 2. The number of fused-ring (bicyclic) bond motifs is 1. The topological polar surface area (TPSA) is 94.8 Å². The van der Waals surface area contributed by atoms with Gasteiger partial charge in [-0.2, -0.15) is 0 Å². The third-order valence-electron chi connectivity index (χ3n) is 4.08. The minimum atomic E-state index is -0.705. The fourth-order valence-electron chi connectivity index (χ4n) is 2.61. The summed E-state index contributed by atoms with van der Waals surface area (Å²) in [5, 5.41) is 3.93. The molecule has 0 saturated heterocycles. The van der Waals surface area contributed by atoms with Crippen LogP contribution in [-0.2, 0) is 20.9 Å². The van der Waals surface area contributed by atoms with Crippen LogP contribution in [0.4, 0.5) is 0 Å². The number of hydrogen-bond donors (Lipinski definition) is 1. The van der Waals surface area contributed by atoms with Gasteiger partial charge in [-0.3, -0.25) is 4.79 Å². The van der Waals surface area contributed by atoms with Gasteiger partial charge in [0.25, 0.3) is 5.91 Å². The number of amides is 1. The number of nitrogens with one attached hydrogen (secondary N) is 1. The van der Waals surface area contributed by atoms with Crippen LogP contribution in [0.25, 0.3) is 11.0 Å². The Morgan fingerprint density at radius 2 is 1.90 bits per heavy atom. The lowest BCUT2D eigenvalue weighted by molar-refractivity contribution is -0.150. The van der Waals surface area contributed by atoms with Gasteiger partial charge in [0.05, 0.1) is 0 Å². The summed E-state index contributed by atoms with van der Waals surface area (Å²) in [5.41, 5.74) is 1.44. The number of benzene rings is 2. The van der Waals surface area contributed by atoms with Crippen LogP contribution in [0.5, 0.6) is 5.75 Å². The van der Waals surface area contributed by atoms with E-state index in [9.17, 15) is 14.4 Å². The number of halogens is 1. The second-order valence-corrected chi connectivity index (χ2v) is 6.63. The number of carbonyl (C=O) groups excluding carboxylic acids is 2. The second kappa shape index (κ2) is 9.25. The van der Waals surface area contributed by atoms with Gasteiger partial charge in [-0.15, -0.1) is 0 Å². The summed E-state index contributed by atoms with van der Waals surface area (Å²) in [4.78, 5) is 35.1. The highest BCUT2D eigenvalue weighted by Gasteiger charge is 2.10. The number of ether oxygens (including phenoxy) is 2. The third-order valence-corrected chi connectivity index (χ3v) is 4.45. The van der Waals surface area contributed by atoms with E-state index in [0.29, 0.717) is 16.4 Å². The maximum atomic E-state index is 11.8. The van der Waals surface area contributed by atoms with Crippen molar-refractivity contribution >= 4 is 34.4 Å². The first-order valence-corrected chi connectivity index (χ1v) is 9.13. The second-order valence-electron chi connectivity index (χ2n) is 6.22. The van der Waals surface area contributed by atoms with E-state index in [2.05, 4.69) is 5.32 Å². The molecule has 8 heteroatoms. The van der Waals surface area contributed by atoms with E-state index in [1.54, 1.807) is 37.3 Å². The van der Waals surface area contributed by atoms with Crippen LogP contribution in [-0.4, -0.2) is 25.1 Å². The number of aryl methyl sites for hydroxylation is 1. The van der Waals surface area contributed by atoms with Crippen LogP contribution in [0.1, 0.15) is 11.1 Å². The Labute approximate surface area is 171 Å². The van der Waals surface area contributed by atoms with Crippen LogP contribution in [0.2, 0.25) is 5.02 Å². The maximum absolute atomic E-state index is 11.8. The quantitative estimate of drug-likeness (QED) is 0.471. The monoisotopic (exact) mass is 415 g/mol. The van der Waals surface area contributed by atoms with Crippen LogP contribution in [0, 0.1) is 6.92 Å². The van der Waals surface area contributed by atoms with E-state index in [0.717, 1.165) is 16.5 Å². The zero-order valence-corrected chi connectivity index (χ0v) is 16.3. The van der Waals surface area contributed by atoms with Crippen molar-refractivity contribution in [2.75, 3.05) is 13.2 Å². The van der Waals surface area contributed by atoms with Crippen molar-refractivity contribution < 1.29 is 23.5 Å². The molecule has 0 aliphatic rings. The summed E-state index contributed by atoms with van der Waals surface area (Å²) in [6.07, 6.45) is 0. The molecule has 0 bridgehead atoms. The summed E-state index contributed by atoms with van der Waals surface area (Å²) in [5.74, 6) is -0.823. The lowest BCUT2D eigenvalue weighted by atomic mass is 10.1. The molecule has 0 spiro atoms. The van der Waals surface area contributed by atoms with Crippen molar-refractivity contribution in [1.82, 2.24) is 5.32 Å². The summed E-state index contributed by atoms with van der Waals surface area (Å²) in [6, 6.07) is 13.4. The van der Waals surface area contributed by atoms with E-state index in [4.69, 9.17) is 25.5 Å². The maximum Gasteiger partial charge on any atom is 0.344 e. The van der Waals surface area contributed by atoms with Gasteiger partial charge < -0.3 is 19.2 Å². The minimum Gasteiger partial charge on any atom is -0.482 e. The van der Waals surface area contributed by atoms with Crippen LogP contribution in [0.15, 0.2) is 57.7 Å². The Bertz CT molecular complexity index is 1110. The van der Waals surface area contributed by atoms with Crippen molar-refractivity contribution in [2.45, 2.75) is 13.5 Å². The highest BCUT2D eigenvalue weighted by molar-refractivity contribution is 6.31. The molecule has 1 amide bonds. The third kappa shape index (κ3) is 5.58. The molecule has 0 saturated carbocycles. The molecule has 1 heterocycles. The lowest BCUT2D eigenvalue weighted by Crippen LogP contribution is -2.29. The van der Waals surface area contributed by atoms with Crippen molar-refractivity contribution in [1.29, 1.82) is 0 Å². The van der Waals surface area contributed by atoms with Crippen molar-refractivity contribution in [3.8, 4) is 5.75 Å². The van der Waals surface area contributed by atoms with Crippen molar-refractivity contribution in [3.05, 3.63) is 75.1 Å². The van der Waals surface area contributed by atoms with Crippen LogP contribution >= 0.6 is 11.6 Å². The minimum absolute atomic E-state index is 0.230. The van der Waals surface area contributed by atoms with Crippen LogP contribution < -0.4 is 15.7 Å². The van der Waals surface area contributed by atoms with E-state index < -0.39 is 24.1 Å². The van der Waals surface area contributed by atoms with Gasteiger partial charge in [0.15, 0.2) is 13.2 Å². The van der Waals surface area contributed by atoms with Gasteiger partial charge in [-0.1, -0.05) is 29.8 Å². The molecule has 3 aromatic rings. The SMILES string of the molecule is Cc1cc(=O)oc2cc(OCC(=O)OCC(=O)NCc3ccccc3Cl)ccc12. The number of rotatable bonds is 7. The standard InChI is InChI=1S/C21H18ClNO6/c1-13-8-20(25)29-18-9-15(6-7-16(13)18)27-12-21(26)28-11-19(24)23-10-14-4-2-3-5-17(14)22/h2-9H,10-12H2,1H3,(H,23,24). The molecule has 0 atom stereocenters. The first-order chi connectivity index (χ1) is 13.9. The molecule has 0 aliphatic heterocycles. The first-order valence-electron chi connectivity index (χ1n) is 8.75. The lowest BCUT2D eigenvalue weighted by Gasteiger charge is -2.09. The molecule has 0 unspecified atom stereocenters. The Hall–Kier alpha value is -3.32. The fourth-order valence-corrected chi connectivity index (χ4v) is 2.81. The predicted octanol–water partition coefficient (Wildman–Crippen LogP) is 2.99. The van der Waals surface area contributed by atoms with Gasteiger partial charge in [-0.25, -0.2) is 9.59 Å². The fraction of sp³-hybridized carbons (Fsp3) is 0.190. The van der Waals surface area contributed by atoms with Gasteiger partial charge in [-0.05, 0) is 36.2 Å². The summed E-state index contributed by atoms with van der Waals surface area (Å²) in [6.45, 7) is 1.21. The van der Waals surface area contributed by atoms with E-state index in [1.807, 2.05) is 6.07 Å². The molecular weight excluding hydrogens is 398 g/mol. The van der Waals surface area contributed by atoms with E-state index in [1.165, 1.54) is 12.1 Å². The molecule has 7 nitrogen and oxygen atoms in total. The Morgan fingerprint density at radius 1 is 1.10 bits per heavy atom. The normalized spacial score (nSPS) is 10.6. The Morgan fingerprint density at radius 3 is 2.69 bits per heavy atom. The highest BCUT2D eigenvalue weighted by Crippen LogP contribution is 2.22. The van der Waals surface area contributed by atoms with E-state index >= 15 is 0 Å². The predicted molar refractivity (Wildman–Crippen MR) is 107 cm³/mol. The average molecular weight is 416 g/mol. The van der Waals surface area contributed by atoms with Gasteiger partial charge in [0, 0.05) is 29.1 Å². The van der Waals surface area contributed by atoms with Gasteiger partial charge >= 0.3 is 11.6 Å². The summed E-state index contributed by atoms with van der Waals surface area (Å²) >= 11 is 6.01. The molecule has 3 rings (SSSR count). The molecule has 0 aliphatic carbocycles. The molecule has 150 valence electrons. The largest absolute Gasteiger partial charge is 0.482 e. The van der Waals surface area contributed by atoms with E-state index in [-0.39, 0.29) is 13.2 Å². The average Bonchev–Trinajstić information content (AvgIpc) is 2.69. The number of esters is 1. The van der Waals surface area contributed by atoms with Crippen molar-refractivity contribution in [3.63, 3.8) is 0 Å². The van der Waals surface area contributed by atoms with Gasteiger partial charge in [0.2, 0.25) is 0 Å². The zero-order valence-electron chi connectivity index (χ0n) is 15.6. The molecule has 0 radical (unpaired) electrons. The molecule has 0 fully saturated rings. The van der Waals surface area contributed by atoms with Gasteiger partial charge in [0.1, 0.15) is 11.3 Å². The molecular formula is C21H18ClNO6. The summed E-state index contributed by atoms with van der Waals surface area (Å²) < 4.78 is 15.4. The van der Waals surface area contributed by atoms with Crippen LogP contribution in [0.3, 0.4) is 0 Å². The molecule has 1 N–H and O–H groups in total. The Kier molecular flexibility index (Phi) is 6.51. The Balaban J connectivity index is 1.46. The number of hydrogen-bond acceptors (Lipinski definition) is 6. The molecule has 1 aromatic heterocycles. The highest BCUT2D eigenvalue weighted by atomic mass is 35.5. The first kappa shape index (κ1) is 20.4.